The fourth-order valence-corrected chi connectivity index (χ4v) is 3.95. The SMILES string of the molecule is C=Cc1ccc(OCCF)c(NC)c1.CN.CNCCc1cc2c(c(-c3ccc(F)cc3)n1)OCC2(C)CO.CS. The first-order valence-corrected chi connectivity index (χ1v) is 14.1. The average Bonchev–Trinajstić information content (AvgIpc) is 3.37. The van der Waals surface area contributed by atoms with Gasteiger partial charge in [-0.05, 0) is 75.3 Å². The first-order chi connectivity index (χ1) is 19.9. The van der Waals surface area contributed by atoms with E-state index >= 15 is 0 Å². The maximum Gasteiger partial charge on any atom is 0.149 e. The second-order valence-corrected chi connectivity index (χ2v) is 8.95. The van der Waals surface area contributed by atoms with Crippen molar-refractivity contribution in [2.45, 2.75) is 18.8 Å². The molecule has 0 amide bonds. The van der Waals surface area contributed by atoms with Gasteiger partial charge in [0, 0.05) is 36.8 Å². The Bertz CT molecular complexity index is 1200. The molecule has 226 valence electrons. The number of ether oxygens (including phenoxy) is 2. The molecule has 10 heteroatoms. The molecule has 1 aromatic heterocycles. The van der Waals surface area contributed by atoms with Gasteiger partial charge < -0.3 is 30.9 Å². The molecule has 2 heterocycles. The molecule has 5 N–H and O–H groups in total. The molecule has 0 spiro atoms. The average molecular weight is 591 g/mol. The number of pyridine rings is 1. The number of anilines is 1. The summed E-state index contributed by atoms with van der Waals surface area (Å²) in [5.74, 6) is 1.08. The van der Waals surface area contributed by atoms with Crippen LogP contribution in [0.25, 0.3) is 17.3 Å². The Morgan fingerprint density at radius 1 is 1.17 bits per heavy atom. The summed E-state index contributed by atoms with van der Waals surface area (Å²) in [7, 11) is 5.19. The van der Waals surface area contributed by atoms with Gasteiger partial charge >= 0.3 is 0 Å². The number of aliphatic hydroxyl groups is 1. The highest BCUT2D eigenvalue weighted by Gasteiger charge is 2.38. The third-order valence-electron chi connectivity index (χ3n) is 6.15. The van der Waals surface area contributed by atoms with Gasteiger partial charge in [-0.1, -0.05) is 18.7 Å². The summed E-state index contributed by atoms with van der Waals surface area (Å²) >= 11 is 3.53. The third-order valence-corrected chi connectivity index (χ3v) is 6.15. The van der Waals surface area contributed by atoms with Crippen molar-refractivity contribution in [1.82, 2.24) is 10.3 Å². The molecule has 0 fully saturated rings. The monoisotopic (exact) mass is 590 g/mol. The van der Waals surface area contributed by atoms with Crippen molar-refractivity contribution in [3.63, 3.8) is 0 Å². The summed E-state index contributed by atoms with van der Waals surface area (Å²) in [5.41, 5.74) is 9.35. The molecule has 0 saturated heterocycles. The van der Waals surface area contributed by atoms with E-state index in [1.165, 1.54) is 19.2 Å². The first-order valence-electron chi connectivity index (χ1n) is 13.2. The summed E-state index contributed by atoms with van der Waals surface area (Å²) in [6.07, 6.45) is 4.22. The van der Waals surface area contributed by atoms with E-state index in [2.05, 4.69) is 35.6 Å². The normalized spacial score (nSPS) is 14.5. The fraction of sp³-hybridized carbons (Fsp3) is 0.387. The second-order valence-electron chi connectivity index (χ2n) is 8.95. The molecule has 1 aliphatic rings. The van der Waals surface area contributed by atoms with E-state index in [0.717, 1.165) is 41.0 Å². The van der Waals surface area contributed by atoms with E-state index in [1.807, 2.05) is 32.2 Å². The first kappa shape index (κ1) is 35.8. The molecule has 1 atom stereocenters. The molecule has 1 aliphatic heterocycles. The fourth-order valence-electron chi connectivity index (χ4n) is 3.95. The van der Waals surface area contributed by atoms with Gasteiger partial charge in [-0.15, -0.1) is 0 Å². The lowest BCUT2D eigenvalue weighted by atomic mass is 9.84. The Kier molecular flexibility index (Phi) is 16.6. The topological polar surface area (TPSA) is 102 Å². The maximum atomic E-state index is 13.2. The number of aromatic nitrogens is 1. The summed E-state index contributed by atoms with van der Waals surface area (Å²) < 4.78 is 36.2. The van der Waals surface area contributed by atoms with Gasteiger partial charge in [0.05, 0.1) is 17.7 Å². The van der Waals surface area contributed by atoms with Crippen molar-refractivity contribution >= 4 is 24.4 Å². The number of aliphatic hydroxyl groups excluding tert-OH is 1. The lowest BCUT2D eigenvalue weighted by Gasteiger charge is -2.19. The number of nitrogens with one attached hydrogen (secondary N) is 2. The third kappa shape index (κ3) is 10.00. The number of halogens is 2. The number of nitrogens with zero attached hydrogens (tertiary/aromatic N) is 1. The Hall–Kier alpha value is -3.18. The van der Waals surface area contributed by atoms with Crippen LogP contribution in [-0.4, -0.2) is 70.5 Å². The number of thiol groups is 1. The summed E-state index contributed by atoms with van der Waals surface area (Å²) in [6.45, 7) is 6.50. The molecule has 0 aliphatic carbocycles. The van der Waals surface area contributed by atoms with E-state index in [1.54, 1.807) is 37.6 Å². The van der Waals surface area contributed by atoms with Crippen molar-refractivity contribution in [3.05, 3.63) is 77.7 Å². The minimum Gasteiger partial charge on any atom is -0.490 e. The predicted octanol–water partition coefficient (Wildman–Crippen LogP) is 5.13. The molecule has 1 unspecified atom stereocenters. The molecule has 4 rings (SSSR count). The van der Waals surface area contributed by atoms with Crippen LogP contribution in [0, 0.1) is 5.82 Å². The molecule has 41 heavy (non-hydrogen) atoms. The van der Waals surface area contributed by atoms with Crippen LogP contribution in [0.1, 0.15) is 23.7 Å². The number of likely N-dealkylation sites (N-methyl/N-ethyl adjacent to an activating group) is 1. The summed E-state index contributed by atoms with van der Waals surface area (Å²) in [5, 5.41) is 15.9. The summed E-state index contributed by atoms with van der Waals surface area (Å²) in [4.78, 5) is 4.71. The number of alkyl halides is 1. The highest BCUT2D eigenvalue weighted by molar-refractivity contribution is 7.79. The summed E-state index contributed by atoms with van der Waals surface area (Å²) in [6, 6.07) is 13.9. The van der Waals surface area contributed by atoms with Gasteiger partial charge in [0.15, 0.2) is 0 Å². The number of hydrogen-bond acceptors (Lipinski definition) is 8. The number of fused-ring (bicyclic) bond motifs is 1. The molecular formula is C31H44F2N4O3S. The van der Waals surface area contributed by atoms with Gasteiger partial charge in [0.25, 0.3) is 0 Å². The van der Waals surface area contributed by atoms with Crippen LogP contribution >= 0.6 is 12.6 Å². The molecule has 7 nitrogen and oxygen atoms in total. The van der Waals surface area contributed by atoms with Gasteiger partial charge in [-0.25, -0.2) is 13.8 Å². The largest absolute Gasteiger partial charge is 0.490 e. The molecular weight excluding hydrogens is 546 g/mol. The van der Waals surface area contributed by atoms with Crippen molar-refractivity contribution in [2.24, 2.45) is 5.73 Å². The lowest BCUT2D eigenvalue weighted by molar-refractivity contribution is 0.171. The number of hydrogen-bond donors (Lipinski definition) is 5. The van der Waals surface area contributed by atoms with Gasteiger partial charge in [-0.2, -0.15) is 12.6 Å². The van der Waals surface area contributed by atoms with Gasteiger partial charge in [0.2, 0.25) is 0 Å². The van der Waals surface area contributed by atoms with Crippen LogP contribution in [0.2, 0.25) is 0 Å². The quantitative estimate of drug-likeness (QED) is 0.209. The predicted molar refractivity (Wildman–Crippen MR) is 170 cm³/mol. The molecule has 0 saturated carbocycles. The van der Waals surface area contributed by atoms with E-state index in [9.17, 15) is 13.9 Å². The van der Waals surface area contributed by atoms with E-state index in [0.29, 0.717) is 23.8 Å². The minimum atomic E-state index is -0.480. The van der Waals surface area contributed by atoms with Crippen molar-refractivity contribution in [1.29, 1.82) is 0 Å². The molecule has 0 bridgehead atoms. The highest BCUT2D eigenvalue weighted by Crippen LogP contribution is 2.44. The van der Waals surface area contributed by atoms with Crippen molar-refractivity contribution in [2.75, 3.05) is 65.8 Å². The second kappa shape index (κ2) is 19.0. The molecule has 2 aromatic carbocycles. The van der Waals surface area contributed by atoms with Crippen molar-refractivity contribution in [3.8, 4) is 22.8 Å². The lowest BCUT2D eigenvalue weighted by Crippen LogP contribution is -2.28. The minimum absolute atomic E-state index is 0.0122. The Morgan fingerprint density at radius 2 is 1.85 bits per heavy atom. The van der Waals surface area contributed by atoms with Gasteiger partial charge in [0.1, 0.15) is 42.9 Å². The van der Waals surface area contributed by atoms with E-state index in [-0.39, 0.29) is 19.0 Å². The van der Waals surface area contributed by atoms with Crippen LogP contribution in [0.5, 0.6) is 11.5 Å². The van der Waals surface area contributed by atoms with Crippen LogP contribution in [-0.2, 0) is 11.8 Å². The Morgan fingerprint density at radius 3 is 2.41 bits per heavy atom. The van der Waals surface area contributed by atoms with Crippen molar-refractivity contribution < 1.29 is 23.4 Å². The number of rotatable bonds is 10. The zero-order valence-corrected chi connectivity index (χ0v) is 25.5. The van der Waals surface area contributed by atoms with Gasteiger partial charge in [-0.3, -0.25) is 0 Å². The number of benzene rings is 2. The van der Waals surface area contributed by atoms with Crippen LogP contribution in [0.4, 0.5) is 14.5 Å². The maximum absolute atomic E-state index is 13.2. The standard InChI is InChI=1S/C18H21FN2O2.C11H14FNO.CH5N.CH4S/c1-18(10-22)11-23-17-15(18)9-14(7-8-20-2)21-16(17)12-3-5-13(19)6-4-12;1-3-9-4-5-11(14-7-6-12)10(8-9)13-2;2*1-2/h3-6,9,20,22H,7-8,10-11H2,1-2H3;3-5,8,13H,1,6-7H2,2H3;2H2,1H3;2H,1H3. The molecule has 3 aromatic rings. The molecule has 0 radical (unpaired) electrons. The number of nitrogens with two attached hydrogens (primary N) is 1. The van der Waals surface area contributed by atoms with Crippen LogP contribution in [0.3, 0.4) is 0 Å². The van der Waals surface area contributed by atoms with E-state index in [4.69, 9.17) is 14.5 Å². The van der Waals surface area contributed by atoms with Crippen LogP contribution < -0.4 is 25.8 Å². The highest BCUT2D eigenvalue weighted by atomic mass is 32.1. The Labute approximate surface area is 248 Å². The Balaban J connectivity index is 0.000000402. The smallest absolute Gasteiger partial charge is 0.149 e. The van der Waals surface area contributed by atoms with E-state index < -0.39 is 12.1 Å². The zero-order valence-electron chi connectivity index (χ0n) is 24.6. The zero-order chi connectivity index (χ0) is 30.8. The van der Waals surface area contributed by atoms with Crippen LogP contribution in [0.15, 0.2) is 55.1 Å².